The van der Waals surface area contributed by atoms with Crippen LogP contribution in [0.5, 0.6) is 0 Å². The monoisotopic (exact) mass is 288 g/mol. The van der Waals surface area contributed by atoms with Crippen molar-refractivity contribution in [3.8, 4) is 11.6 Å². The molecule has 3 heterocycles. The molecular formula is C14H16N4O3. The first-order valence-electron chi connectivity index (χ1n) is 6.85. The summed E-state index contributed by atoms with van der Waals surface area (Å²) in [6.07, 6.45) is 3.19. The van der Waals surface area contributed by atoms with Crippen molar-refractivity contribution in [2.75, 3.05) is 19.6 Å². The highest BCUT2D eigenvalue weighted by Gasteiger charge is 2.27. The molecule has 1 saturated heterocycles. The number of likely N-dealkylation sites (tertiary alicyclic amines) is 1. The maximum absolute atomic E-state index is 11.7. The minimum Gasteiger partial charge on any atom is -0.461 e. The lowest BCUT2D eigenvalue weighted by Gasteiger charge is -2.29. The van der Waals surface area contributed by atoms with E-state index in [1.807, 2.05) is 0 Å². The van der Waals surface area contributed by atoms with Crippen LogP contribution in [-0.4, -0.2) is 47.3 Å². The number of hydrogen-bond acceptors (Lipinski definition) is 6. The molecule has 0 radical (unpaired) electrons. The van der Waals surface area contributed by atoms with Crippen LogP contribution in [-0.2, 0) is 4.79 Å². The maximum Gasteiger partial charge on any atom is 0.244 e. The molecule has 2 aromatic heterocycles. The Hall–Kier alpha value is -2.44. The lowest BCUT2D eigenvalue weighted by molar-refractivity contribution is -0.130. The molecular weight excluding hydrogens is 272 g/mol. The Balaban J connectivity index is 1.62. The number of rotatable bonds is 4. The number of nitrogens with zero attached hydrogens (tertiary/aromatic N) is 4. The number of carbonyl (C=O) groups excluding carboxylic acids is 1. The third-order valence-corrected chi connectivity index (χ3v) is 3.63. The van der Waals surface area contributed by atoms with E-state index in [1.54, 1.807) is 23.3 Å². The fourth-order valence-corrected chi connectivity index (χ4v) is 2.48. The lowest BCUT2D eigenvalue weighted by atomic mass is 9.97. The summed E-state index contributed by atoms with van der Waals surface area (Å²) in [5.74, 6) is 1.86. The number of carbonyl (C=O) groups is 1. The van der Waals surface area contributed by atoms with Crippen molar-refractivity contribution in [1.29, 1.82) is 0 Å². The van der Waals surface area contributed by atoms with E-state index in [9.17, 15) is 4.79 Å². The lowest BCUT2D eigenvalue weighted by Crippen LogP contribution is -2.39. The van der Waals surface area contributed by atoms with Crippen LogP contribution in [0.4, 0.5) is 0 Å². The topological polar surface area (TPSA) is 84.7 Å². The van der Waals surface area contributed by atoms with Crippen LogP contribution in [0.2, 0.25) is 0 Å². The molecule has 0 aromatic carbocycles. The predicted octanol–water partition coefficient (Wildman–Crippen LogP) is 1.74. The van der Waals surface area contributed by atoms with Crippen LogP contribution in [0.25, 0.3) is 11.6 Å². The highest BCUT2D eigenvalue weighted by molar-refractivity contribution is 5.79. The molecule has 7 heteroatoms. The van der Waals surface area contributed by atoms with Gasteiger partial charge in [0.25, 0.3) is 0 Å². The number of piperidine rings is 1. The molecule has 110 valence electrons. The molecule has 0 atom stereocenters. The summed E-state index contributed by atoms with van der Waals surface area (Å²) in [5, 5.41) is 3.93. The molecule has 2 aromatic rings. The fourth-order valence-electron chi connectivity index (χ4n) is 2.48. The van der Waals surface area contributed by atoms with Gasteiger partial charge in [-0.2, -0.15) is 4.98 Å². The highest BCUT2D eigenvalue weighted by atomic mass is 16.5. The molecule has 3 rings (SSSR count). The van der Waals surface area contributed by atoms with Crippen LogP contribution in [0, 0.1) is 0 Å². The Morgan fingerprint density at radius 2 is 2.29 bits per heavy atom. The maximum atomic E-state index is 11.7. The Labute approximate surface area is 121 Å². The van der Waals surface area contributed by atoms with Crippen molar-refractivity contribution < 1.29 is 13.7 Å². The van der Waals surface area contributed by atoms with Gasteiger partial charge in [-0.3, -0.25) is 9.79 Å². The predicted molar refractivity (Wildman–Crippen MR) is 75.0 cm³/mol. The quantitative estimate of drug-likeness (QED) is 0.800. The van der Waals surface area contributed by atoms with Gasteiger partial charge in [0, 0.05) is 19.0 Å². The number of aromatic nitrogens is 2. The van der Waals surface area contributed by atoms with Crippen molar-refractivity contribution in [2.45, 2.75) is 18.8 Å². The van der Waals surface area contributed by atoms with Gasteiger partial charge in [0.1, 0.15) is 6.54 Å². The number of hydrogen-bond donors (Lipinski definition) is 0. The zero-order valence-corrected chi connectivity index (χ0v) is 11.6. The zero-order chi connectivity index (χ0) is 14.7. The summed E-state index contributed by atoms with van der Waals surface area (Å²) in [4.78, 5) is 21.5. The van der Waals surface area contributed by atoms with Crippen molar-refractivity contribution >= 4 is 12.6 Å². The summed E-state index contributed by atoms with van der Waals surface area (Å²) in [5.41, 5.74) is 0. The van der Waals surface area contributed by atoms with E-state index in [0.29, 0.717) is 30.6 Å². The standard InChI is InChI=1S/C14H16N4O3/c1-15-9-12(19)18-6-4-10(5-7-18)14-16-13(17-21-14)11-3-2-8-20-11/h2-3,8,10H,1,4-7,9H2. The minimum absolute atomic E-state index is 0.0188. The van der Waals surface area contributed by atoms with Crippen LogP contribution < -0.4 is 0 Å². The molecule has 21 heavy (non-hydrogen) atoms. The summed E-state index contributed by atoms with van der Waals surface area (Å²) in [7, 11) is 0. The normalized spacial score (nSPS) is 16.1. The largest absolute Gasteiger partial charge is 0.461 e. The molecule has 0 saturated carbocycles. The zero-order valence-electron chi connectivity index (χ0n) is 11.6. The molecule has 7 nitrogen and oxygen atoms in total. The fraction of sp³-hybridized carbons (Fsp3) is 0.429. The third kappa shape index (κ3) is 2.86. The SMILES string of the molecule is C=NCC(=O)N1CCC(c2nc(-c3ccco3)no2)CC1. The van der Waals surface area contributed by atoms with Gasteiger partial charge in [0.2, 0.25) is 17.6 Å². The molecule has 0 bridgehead atoms. The second-order valence-electron chi connectivity index (χ2n) is 4.97. The molecule has 1 aliphatic heterocycles. The van der Waals surface area contributed by atoms with E-state index < -0.39 is 0 Å². The van der Waals surface area contributed by atoms with Gasteiger partial charge in [0.05, 0.1) is 6.26 Å². The average molecular weight is 288 g/mol. The van der Waals surface area contributed by atoms with E-state index in [-0.39, 0.29) is 18.4 Å². The van der Waals surface area contributed by atoms with E-state index in [4.69, 9.17) is 8.94 Å². The van der Waals surface area contributed by atoms with Crippen LogP contribution in [0.15, 0.2) is 32.3 Å². The third-order valence-electron chi connectivity index (χ3n) is 3.63. The van der Waals surface area contributed by atoms with Crippen LogP contribution in [0.1, 0.15) is 24.7 Å². The van der Waals surface area contributed by atoms with Gasteiger partial charge in [0.15, 0.2) is 5.76 Å². The summed E-state index contributed by atoms with van der Waals surface area (Å²) >= 11 is 0. The van der Waals surface area contributed by atoms with Crippen molar-refractivity contribution in [3.05, 3.63) is 24.3 Å². The minimum atomic E-state index is 0.0188. The highest BCUT2D eigenvalue weighted by Crippen LogP contribution is 2.28. The van der Waals surface area contributed by atoms with Gasteiger partial charge in [-0.15, -0.1) is 0 Å². The second kappa shape index (κ2) is 5.90. The molecule has 1 fully saturated rings. The van der Waals surface area contributed by atoms with Crippen LogP contribution in [0.3, 0.4) is 0 Å². The van der Waals surface area contributed by atoms with Crippen LogP contribution >= 0.6 is 0 Å². The second-order valence-corrected chi connectivity index (χ2v) is 4.97. The summed E-state index contributed by atoms with van der Waals surface area (Å²) < 4.78 is 10.6. The van der Waals surface area contributed by atoms with E-state index in [0.717, 1.165) is 12.8 Å². The van der Waals surface area contributed by atoms with Gasteiger partial charge < -0.3 is 13.8 Å². The number of aliphatic imine (C=N–C) groups is 1. The molecule has 0 N–H and O–H groups in total. The summed E-state index contributed by atoms with van der Waals surface area (Å²) in [6.45, 7) is 4.85. The smallest absolute Gasteiger partial charge is 0.244 e. The van der Waals surface area contributed by atoms with Gasteiger partial charge >= 0.3 is 0 Å². The van der Waals surface area contributed by atoms with Crippen molar-refractivity contribution in [2.24, 2.45) is 4.99 Å². The van der Waals surface area contributed by atoms with Gasteiger partial charge in [-0.1, -0.05) is 5.16 Å². The first kappa shape index (κ1) is 13.5. The number of furan rings is 1. The van der Waals surface area contributed by atoms with Crippen molar-refractivity contribution in [1.82, 2.24) is 15.0 Å². The molecule has 0 aliphatic carbocycles. The Bertz CT molecular complexity index is 612. The van der Waals surface area contributed by atoms with E-state index >= 15 is 0 Å². The molecule has 0 unspecified atom stereocenters. The average Bonchev–Trinajstić information content (AvgIpc) is 3.19. The number of amides is 1. The molecule has 0 spiro atoms. The Morgan fingerprint density at radius 1 is 1.48 bits per heavy atom. The van der Waals surface area contributed by atoms with E-state index in [2.05, 4.69) is 21.9 Å². The molecule has 1 aliphatic rings. The van der Waals surface area contributed by atoms with Crippen molar-refractivity contribution in [3.63, 3.8) is 0 Å². The Kier molecular flexibility index (Phi) is 3.81. The Morgan fingerprint density at radius 3 is 2.95 bits per heavy atom. The van der Waals surface area contributed by atoms with Gasteiger partial charge in [-0.25, -0.2) is 0 Å². The first-order valence-corrected chi connectivity index (χ1v) is 6.85. The van der Waals surface area contributed by atoms with Gasteiger partial charge in [-0.05, 0) is 31.7 Å². The first-order chi connectivity index (χ1) is 10.3. The van der Waals surface area contributed by atoms with E-state index in [1.165, 1.54) is 0 Å². The summed E-state index contributed by atoms with van der Waals surface area (Å²) in [6, 6.07) is 3.57. The molecule has 1 amide bonds.